The molecule has 0 aliphatic carbocycles. The molecule has 0 spiro atoms. The Hall–Kier alpha value is -1.46. The molecule has 1 aromatic rings. The maximum absolute atomic E-state index is 5.75. The molecule has 0 fully saturated rings. The summed E-state index contributed by atoms with van der Waals surface area (Å²) < 4.78 is 11.4. The van der Waals surface area contributed by atoms with Crippen molar-refractivity contribution in [1.82, 2.24) is 0 Å². The lowest BCUT2D eigenvalue weighted by molar-refractivity contribution is 0.116. The average Bonchev–Trinajstić information content (AvgIpc) is 2.61. The van der Waals surface area contributed by atoms with E-state index in [2.05, 4.69) is 25.0 Å². The molecule has 0 saturated carbocycles. The van der Waals surface area contributed by atoms with Crippen molar-refractivity contribution < 1.29 is 9.47 Å². The second kappa shape index (κ2) is 15.1. The summed E-state index contributed by atoms with van der Waals surface area (Å²) in [6.45, 7) is 4.49. The Morgan fingerprint density at radius 2 is 1.50 bits per heavy atom. The first kappa shape index (κ1) is 20.6. The van der Waals surface area contributed by atoms with Crippen LogP contribution in [0.4, 0.5) is 0 Å². The molecule has 2 heteroatoms. The van der Waals surface area contributed by atoms with E-state index in [1.54, 1.807) is 0 Å². The van der Waals surface area contributed by atoms with Gasteiger partial charge in [-0.15, -0.1) is 12.3 Å². The molecule has 0 bridgehead atoms. The van der Waals surface area contributed by atoms with Gasteiger partial charge < -0.3 is 9.47 Å². The lowest BCUT2D eigenvalue weighted by atomic mass is 10.1. The van der Waals surface area contributed by atoms with Crippen LogP contribution < -0.4 is 4.74 Å². The van der Waals surface area contributed by atoms with Crippen molar-refractivity contribution in [2.24, 2.45) is 0 Å². The fraction of sp³-hybridized carbons (Fsp3) is 0.636. The van der Waals surface area contributed by atoms with Crippen molar-refractivity contribution in [1.29, 1.82) is 0 Å². The second-order valence-electron chi connectivity index (χ2n) is 6.33. The van der Waals surface area contributed by atoms with Gasteiger partial charge in [-0.1, -0.05) is 64.0 Å². The number of hydrogen-bond donors (Lipinski definition) is 0. The molecular weight excluding hydrogens is 296 g/mol. The molecule has 0 N–H and O–H groups in total. The van der Waals surface area contributed by atoms with Gasteiger partial charge in [0.15, 0.2) is 0 Å². The predicted molar refractivity (Wildman–Crippen MR) is 102 cm³/mol. The number of ether oxygens (including phenoxy) is 2. The SMILES string of the molecule is C#CCCCOc1ccc(COCCCCCCCCCC)cc1. The Kier molecular flexibility index (Phi) is 12.9. The minimum Gasteiger partial charge on any atom is -0.494 e. The monoisotopic (exact) mass is 330 g/mol. The van der Waals surface area contributed by atoms with Crippen LogP contribution >= 0.6 is 0 Å². The fourth-order valence-electron chi connectivity index (χ4n) is 2.57. The van der Waals surface area contributed by atoms with Crippen LogP contribution in [0.25, 0.3) is 0 Å². The molecule has 0 saturated heterocycles. The fourth-order valence-corrected chi connectivity index (χ4v) is 2.57. The number of hydrogen-bond acceptors (Lipinski definition) is 2. The molecule has 0 aromatic heterocycles. The minimum absolute atomic E-state index is 0.679. The van der Waals surface area contributed by atoms with Crippen LogP contribution in [0.1, 0.15) is 76.7 Å². The lowest BCUT2D eigenvalue weighted by Crippen LogP contribution is -1.98. The predicted octanol–water partition coefficient (Wildman–Crippen LogP) is 6.14. The summed E-state index contributed by atoms with van der Waals surface area (Å²) in [6, 6.07) is 8.16. The number of unbranched alkanes of at least 4 members (excludes halogenated alkanes) is 8. The lowest BCUT2D eigenvalue weighted by Gasteiger charge is -2.07. The van der Waals surface area contributed by atoms with Crippen LogP contribution in [-0.4, -0.2) is 13.2 Å². The molecule has 0 unspecified atom stereocenters. The van der Waals surface area contributed by atoms with Crippen molar-refractivity contribution in [2.45, 2.75) is 77.7 Å². The first-order chi connectivity index (χ1) is 11.9. The Morgan fingerprint density at radius 1 is 0.833 bits per heavy atom. The number of rotatable bonds is 15. The largest absolute Gasteiger partial charge is 0.494 e. The van der Waals surface area contributed by atoms with Gasteiger partial charge in [0.25, 0.3) is 0 Å². The Morgan fingerprint density at radius 3 is 2.17 bits per heavy atom. The topological polar surface area (TPSA) is 18.5 Å². The number of benzene rings is 1. The molecule has 134 valence electrons. The quantitative estimate of drug-likeness (QED) is 0.284. The van der Waals surface area contributed by atoms with E-state index >= 15 is 0 Å². The maximum atomic E-state index is 5.75. The van der Waals surface area contributed by atoms with Gasteiger partial charge in [0.2, 0.25) is 0 Å². The van der Waals surface area contributed by atoms with Crippen LogP contribution in [0.3, 0.4) is 0 Å². The minimum atomic E-state index is 0.679. The highest BCUT2D eigenvalue weighted by atomic mass is 16.5. The van der Waals surface area contributed by atoms with Gasteiger partial charge in [0.1, 0.15) is 5.75 Å². The first-order valence-corrected chi connectivity index (χ1v) is 9.59. The van der Waals surface area contributed by atoms with E-state index in [0.29, 0.717) is 13.2 Å². The second-order valence-corrected chi connectivity index (χ2v) is 6.33. The molecule has 2 nitrogen and oxygen atoms in total. The van der Waals surface area contributed by atoms with Crippen LogP contribution in [0.15, 0.2) is 24.3 Å². The van der Waals surface area contributed by atoms with Crippen LogP contribution in [0.5, 0.6) is 5.75 Å². The third-order valence-electron chi connectivity index (χ3n) is 4.07. The van der Waals surface area contributed by atoms with Crippen molar-refractivity contribution in [3.63, 3.8) is 0 Å². The average molecular weight is 331 g/mol. The van der Waals surface area contributed by atoms with Crippen LogP contribution in [0.2, 0.25) is 0 Å². The zero-order valence-corrected chi connectivity index (χ0v) is 15.4. The molecule has 0 atom stereocenters. The summed E-state index contributed by atoms with van der Waals surface area (Å²) in [4.78, 5) is 0. The number of terminal acetylenes is 1. The Bertz CT molecular complexity index is 430. The Balaban J connectivity index is 1.98. The molecule has 0 amide bonds. The highest BCUT2D eigenvalue weighted by Crippen LogP contribution is 2.14. The van der Waals surface area contributed by atoms with Gasteiger partial charge in [0, 0.05) is 13.0 Å². The first-order valence-electron chi connectivity index (χ1n) is 9.59. The van der Waals surface area contributed by atoms with E-state index in [9.17, 15) is 0 Å². The molecule has 0 heterocycles. The van der Waals surface area contributed by atoms with E-state index in [-0.39, 0.29) is 0 Å². The van der Waals surface area contributed by atoms with E-state index in [4.69, 9.17) is 15.9 Å². The summed E-state index contributed by atoms with van der Waals surface area (Å²) in [5.74, 6) is 3.52. The van der Waals surface area contributed by atoms with E-state index in [0.717, 1.165) is 25.2 Å². The van der Waals surface area contributed by atoms with Gasteiger partial charge in [-0.2, -0.15) is 0 Å². The van der Waals surface area contributed by atoms with E-state index < -0.39 is 0 Å². The molecule has 24 heavy (non-hydrogen) atoms. The summed E-state index contributed by atoms with van der Waals surface area (Å²) in [6.07, 6.45) is 17.6. The molecule has 0 aliphatic heterocycles. The van der Waals surface area contributed by atoms with Gasteiger partial charge in [-0.25, -0.2) is 0 Å². The van der Waals surface area contributed by atoms with Crippen molar-refractivity contribution in [3.05, 3.63) is 29.8 Å². The van der Waals surface area contributed by atoms with Gasteiger partial charge >= 0.3 is 0 Å². The highest BCUT2D eigenvalue weighted by Gasteiger charge is 1.97. The van der Waals surface area contributed by atoms with Crippen molar-refractivity contribution in [2.75, 3.05) is 13.2 Å². The molecule has 1 aromatic carbocycles. The standard InChI is InChI=1S/C22H34O2/c1-3-5-7-8-9-10-11-13-18-23-20-21-14-16-22(17-15-21)24-19-12-6-4-2/h2,14-17H,3,5-13,18-20H2,1H3. The summed E-state index contributed by atoms with van der Waals surface area (Å²) in [5.41, 5.74) is 1.20. The Labute approximate surface area is 148 Å². The third-order valence-corrected chi connectivity index (χ3v) is 4.07. The summed E-state index contributed by atoms with van der Waals surface area (Å²) in [7, 11) is 0. The molecule has 1 rings (SSSR count). The summed E-state index contributed by atoms with van der Waals surface area (Å²) in [5, 5.41) is 0. The summed E-state index contributed by atoms with van der Waals surface area (Å²) >= 11 is 0. The van der Waals surface area contributed by atoms with Gasteiger partial charge in [-0.3, -0.25) is 0 Å². The smallest absolute Gasteiger partial charge is 0.119 e. The molecule has 0 radical (unpaired) electrons. The zero-order chi connectivity index (χ0) is 17.3. The van der Waals surface area contributed by atoms with Crippen molar-refractivity contribution >= 4 is 0 Å². The highest BCUT2D eigenvalue weighted by molar-refractivity contribution is 5.26. The van der Waals surface area contributed by atoms with Gasteiger partial charge in [0.05, 0.1) is 13.2 Å². The zero-order valence-electron chi connectivity index (χ0n) is 15.4. The van der Waals surface area contributed by atoms with Gasteiger partial charge in [-0.05, 0) is 30.5 Å². The third kappa shape index (κ3) is 11.1. The van der Waals surface area contributed by atoms with Crippen LogP contribution in [0, 0.1) is 12.3 Å². The normalized spacial score (nSPS) is 10.5. The maximum Gasteiger partial charge on any atom is 0.119 e. The molecular formula is C22H34O2. The van der Waals surface area contributed by atoms with E-state index in [1.807, 2.05) is 12.1 Å². The molecule has 0 aliphatic rings. The van der Waals surface area contributed by atoms with Crippen molar-refractivity contribution in [3.8, 4) is 18.1 Å². The van der Waals surface area contributed by atoms with E-state index in [1.165, 1.54) is 56.9 Å². The van der Waals surface area contributed by atoms with Crippen LogP contribution in [-0.2, 0) is 11.3 Å².